The van der Waals surface area contributed by atoms with E-state index in [2.05, 4.69) is 34.5 Å². The first-order valence-electron chi connectivity index (χ1n) is 8.42. The minimum Gasteiger partial charge on any atom is -0.497 e. The summed E-state index contributed by atoms with van der Waals surface area (Å²) in [5.41, 5.74) is 3.26. The molecule has 1 aliphatic rings. The van der Waals surface area contributed by atoms with Gasteiger partial charge in [0.05, 0.1) is 12.6 Å². The van der Waals surface area contributed by atoms with Crippen LogP contribution in [0.4, 0.5) is 5.69 Å². The van der Waals surface area contributed by atoms with Crippen LogP contribution in [0.5, 0.6) is 5.75 Å². The second kappa shape index (κ2) is 7.46. The lowest BCUT2D eigenvalue weighted by Gasteiger charge is -2.51. The SMILES string of the molecule is CNC1(CCC=O)CN(c2ccc(-c3cc(OC)ccc3Cl)cc2)C1. The molecule has 0 aliphatic carbocycles. The van der Waals surface area contributed by atoms with E-state index in [0.29, 0.717) is 11.4 Å². The van der Waals surface area contributed by atoms with Gasteiger partial charge in [-0.1, -0.05) is 23.7 Å². The Kier molecular flexibility index (Phi) is 5.30. The molecule has 1 aliphatic heterocycles. The molecule has 0 saturated carbocycles. The number of hydrogen-bond donors (Lipinski definition) is 1. The second-order valence-electron chi connectivity index (χ2n) is 6.48. The van der Waals surface area contributed by atoms with Gasteiger partial charge in [-0.05, 0) is 49.4 Å². The van der Waals surface area contributed by atoms with Gasteiger partial charge in [-0.3, -0.25) is 0 Å². The molecule has 25 heavy (non-hydrogen) atoms. The number of likely N-dealkylation sites (N-methyl/N-ethyl adjacent to an activating group) is 1. The first kappa shape index (κ1) is 17.8. The average Bonchev–Trinajstić information content (AvgIpc) is 2.62. The summed E-state index contributed by atoms with van der Waals surface area (Å²) in [4.78, 5) is 13.0. The fourth-order valence-corrected chi connectivity index (χ4v) is 3.57. The minimum absolute atomic E-state index is 0.0513. The number of benzene rings is 2. The zero-order valence-corrected chi connectivity index (χ0v) is 15.3. The van der Waals surface area contributed by atoms with Gasteiger partial charge >= 0.3 is 0 Å². The molecule has 132 valence electrons. The summed E-state index contributed by atoms with van der Waals surface area (Å²) in [5, 5.41) is 4.08. The van der Waals surface area contributed by atoms with Crippen LogP contribution in [0.25, 0.3) is 11.1 Å². The largest absolute Gasteiger partial charge is 0.497 e. The van der Waals surface area contributed by atoms with Gasteiger partial charge in [0.2, 0.25) is 0 Å². The second-order valence-corrected chi connectivity index (χ2v) is 6.89. The van der Waals surface area contributed by atoms with Crippen LogP contribution in [0.1, 0.15) is 12.8 Å². The van der Waals surface area contributed by atoms with E-state index in [9.17, 15) is 4.79 Å². The first-order chi connectivity index (χ1) is 12.1. The van der Waals surface area contributed by atoms with Crippen molar-refractivity contribution in [3.05, 3.63) is 47.5 Å². The van der Waals surface area contributed by atoms with E-state index >= 15 is 0 Å². The smallest absolute Gasteiger partial charge is 0.120 e. The van der Waals surface area contributed by atoms with Gasteiger partial charge in [0.1, 0.15) is 12.0 Å². The number of carbonyl (C=O) groups excluding carboxylic acids is 1. The summed E-state index contributed by atoms with van der Waals surface area (Å²) in [7, 11) is 3.62. The van der Waals surface area contributed by atoms with Crippen molar-refractivity contribution >= 4 is 23.6 Å². The van der Waals surface area contributed by atoms with Gasteiger partial charge in [0.25, 0.3) is 0 Å². The molecule has 0 aromatic heterocycles. The number of ether oxygens (including phenoxy) is 1. The highest BCUT2D eigenvalue weighted by Gasteiger charge is 2.41. The Morgan fingerprint density at radius 1 is 1.24 bits per heavy atom. The van der Waals surface area contributed by atoms with E-state index < -0.39 is 0 Å². The molecule has 1 heterocycles. The summed E-state index contributed by atoms with van der Waals surface area (Å²) < 4.78 is 5.29. The van der Waals surface area contributed by atoms with Gasteiger partial charge in [0, 0.05) is 35.8 Å². The molecule has 5 heteroatoms. The van der Waals surface area contributed by atoms with Gasteiger partial charge in [0.15, 0.2) is 0 Å². The predicted octanol–water partition coefficient (Wildman–Crippen LogP) is 3.77. The predicted molar refractivity (Wildman–Crippen MR) is 103 cm³/mol. The Morgan fingerprint density at radius 2 is 1.96 bits per heavy atom. The number of halogens is 1. The Morgan fingerprint density at radius 3 is 2.56 bits per heavy atom. The maximum atomic E-state index is 10.6. The number of aldehydes is 1. The molecular formula is C20H23ClN2O2. The summed E-state index contributed by atoms with van der Waals surface area (Å²) in [6.45, 7) is 1.83. The number of nitrogens with one attached hydrogen (secondary N) is 1. The highest BCUT2D eigenvalue weighted by atomic mass is 35.5. The number of hydrogen-bond acceptors (Lipinski definition) is 4. The number of anilines is 1. The molecule has 0 unspecified atom stereocenters. The summed E-state index contributed by atoms with van der Waals surface area (Å²) >= 11 is 6.33. The number of carbonyl (C=O) groups is 1. The summed E-state index contributed by atoms with van der Waals surface area (Å²) in [6.07, 6.45) is 2.47. The van der Waals surface area contributed by atoms with E-state index in [-0.39, 0.29) is 5.54 Å². The van der Waals surface area contributed by atoms with Gasteiger partial charge < -0.3 is 19.7 Å². The fourth-order valence-electron chi connectivity index (χ4n) is 3.35. The molecule has 3 rings (SSSR count). The Hall–Kier alpha value is -2.04. The molecule has 0 atom stereocenters. The molecule has 2 aromatic rings. The maximum absolute atomic E-state index is 10.6. The van der Waals surface area contributed by atoms with E-state index in [0.717, 1.165) is 42.7 Å². The van der Waals surface area contributed by atoms with Gasteiger partial charge in [-0.25, -0.2) is 0 Å². The fraction of sp³-hybridized carbons (Fsp3) is 0.350. The van der Waals surface area contributed by atoms with Gasteiger partial charge in [-0.2, -0.15) is 0 Å². The molecule has 0 bridgehead atoms. The van der Waals surface area contributed by atoms with Crippen LogP contribution in [0.3, 0.4) is 0 Å². The third-order valence-corrected chi connectivity index (χ3v) is 5.30. The Labute approximate surface area is 153 Å². The Balaban J connectivity index is 1.73. The molecule has 4 nitrogen and oxygen atoms in total. The molecule has 0 spiro atoms. The molecule has 0 amide bonds. The van der Waals surface area contributed by atoms with Crippen molar-refractivity contribution in [3.8, 4) is 16.9 Å². The van der Waals surface area contributed by atoms with Crippen molar-refractivity contribution in [2.75, 3.05) is 32.1 Å². The zero-order chi connectivity index (χ0) is 17.9. The first-order valence-corrected chi connectivity index (χ1v) is 8.80. The number of nitrogens with zero attached hydrogens (tertiary/aromatic N) is 1. The van der Waals surface area contributed by atoms with Crippen LogP contribution >= 0.6 is 11.6 Å². The number of rotatable bonds is 7. The van der Waals surface area contributed by atoms with Crippen molar-refractivity contribution < 1.29 is 9.53 Å². The standard InChI is InChI=1S/C20H23ClN2O2/c1-22-20(10-3-11-24)13-23(14-20)16-6-4-15(5-7-16)18-12-17(25-2)8-9-19(18)21/h4-9,11-12,22H,3,10,13-14H2,1-2H3. The zero-order valence-electron chi connectivity index (χ0n) is 14.6. The summed E-state index contributed by atoms with van der Waals surface area (Å²) in [5.74, 6) is 0.792. The van der Waals surface area contributed by atoms with E-state index in [1.807, 2.05) is 25.2 Å². The molecule has 2 aromatic carbocycles. The van der Waals surface area contributed by atoms with Crippen molar-refractivity contribution in [3.63, 3.8) is 0 Å². The van der Waals surface area contributed by atoms with Gasteiger partial charge in [-0.15, -0.1) is 0 Å². The molecule has 0 radical (unpaired) electrons. The average molecular weight is 359 g/mol. The quantitative estimate of drug-likeness (QED) is 0.765. The molecule has 1 fully saturated rings. The molecular weight excluding hydrogens is 336 g/mol. The lowest BCUT2D eigenvalue weighted by Crippen LogP contribution is -2.68. The maximum Gasteiger partial charge on any atom is 0.120 e. The Bertz CT molecular complexity index is 740. The van der Waals surface area contributed by atoms with Crippen molar-refractivity contribution in [2.45, 2.75) is 18.4 Å². The number of methoxy groups -OCH3 is 1. The minimum atomic E-state index is 0.0513. The van der Waals surface area contributed by atoms with Crippen LogP contribution in [0.2, 0.25) is 5.02 Å². The normalized spacial score (nSPS) is 15.6. The van der Waals surface area contributed by atoms with E-state index in [1.54, 1.807) is 7.11 Å². The highest BCUT2D eigenvalue weighted by molar-refractivity contribution is 6.33. The lowest BCUT2D eigenvalue weighted by atomic mass is 9.84. The third-order valence-electron chi connectivity index (χ3n) is 4.98. The molecule has 1 N–H and O–H groups in total. The third kappa shape index (κ3) is 3.65. The van der Waals surface area contributed by atoms with Crippen LogP contribution in [0, 0.1) is 0 Å². The topological polar surface area (TPSA) is 41.6 Å². The summed E-state index contributed by atoms with van der Waals surface area (Å²) in [6, 6.07) is 14.1. The van der Waals surface area contributed by atoms with Crippen LogP contribution in [0.15, 0.2) is 42.5 Å². The van der Waals surface area contributed by atoms with Crippen molar-refractivity contribution in [1.29, 1.82) is 0 Å². The van der Waals surface area contributed by atoms with Crippen molar-refractivity contribution in [2.24, 2.45) is 0 Å². The lowest BCUT2D eigenvalue weighted by molar-refractivity contribution is -0.108. The van der Waals surface area contributed by atoms with Crippen LogP contribution < -0.4 is 15.0 Å². The van der Waals surface area contributed by atoms with E-state index in [1.165, 1.54) is 5.69 Å². The van der Waals surface area contributed by atoms with Crippen LogP contribution in [-0.4, -0.2) is 39.1 Å². The van der Waals surface area contributed by atoms with Crippen LogP contribution in [-0.2, 0) is 4.79 Å². The highest BCUT2D eigenvalue weighted by Crippen LogP contribution is 2.35. The molecule has 1 saturated heterocycles. The van der Waals surface area contributed by atoms with E-state index in [4.69, 9.17) is 16.3 Å². The monoisotopic (exact) mass is 358 g/mol. The van der Waals surface area contributed by atoms with Crippen molar-refractivity contribution in [1.82, 2.24) is 5.32 Å².